The minimum absolute atomic E-state index is 0.0830. The van der Waals surface area contributed by atoms with E-state index in [1.54, 1.807) is 12.5 Å². The molecule has 6 nitrogen and oxygen atoms in total. The number of H-pyrrole nitrogens is 1. The first-order valence-corrected chi connectivity index (χ1v) is 6.27. The van der Waals surface area contributed by atoms with Gasteiger partial charge in [-0.3, -0.25) is 4.79 Å². The van der Waals surface area contributed by atoms with Gasteiger partial charge in [0.1, 0.15) is 5.69 Å². The lowest BCUT2D eigenvalue weighted by Crippen LogP contribution is -2.17. The molecule has 102 valence electrons. The summed E-state index contributed by atoms with van der Waals surface area (Å²) in [5.41, 5.74) is 0.672. The van der Waals surface area contributed by atoms with Gasteiger partial charge in [-0.05, 0) is 19.8 Å². The highest BCUT2D eigenvalue weighted by Crippen LogP contribution is 2.23. The fourth-order valence-electron chi connectivity index (χ4n) is 2.01. The van der Waals surface area contributed by atoms with Gasteiger partial charge in [-0.15, -0.1) is 0 Å². The van der Waals surface area contributed by atoms with Crippen molar-refractivity contribution in [3.63, 3.8) is 0 Å². The molecule has 0 spiro atoms. The highest BCUT2D eigenvalue weighted by molar-refractivity contribution is 5.50. The molecule has 0 unspecified atom stereocenters. The van der Waals surface area contributed by atoms with Crippen LogP contribution >= 0.6 is 0 Å². The summed E-state index contributed by atoms with van der Waals surface area (Å²) < 4.78 is 1.88. The van der Waals surface area contributed by atoms with Crippen LogP contribution in [0.15, 0.2) is 17.3 Å². The van der Waals surface area contributed by atoms with Crippen molar-refractivity contribution in [3.8, 4) is 17.4 Å². The van der Waals surface area contributed by atoms with E-state index in [0.29, 0.717) is 17.1 Å². The molecule has 6 heteroatoms. The van der Waals surface area contributed by atoms with Gasteiger partial charge in [0.25, 0.3) is 5.56 Å². The number of imidazole rings is 1. The van der Waals surface area contributed by atoms with E-state index in [9.17, 15) is 9.90 Å². The lowest BCUT2D eigenvalue weighted by Gasteiger charge is -2.12. The van der Waals surface area contributed by atoms with Gasteiger partial charge in [0, 0.05) is 6.04 Å². The third-order valence-electron chi connectivity index (χ3n) is 2.98. The van der Waals surface area contributed by atoms with E-state index in [0.717, 1.165) is 0 Å². The van der Waals surface area contributed by atoms with Gasteiger partial charge in [0.2, 0.25) is 5.88 Å². The molecule has 2 aromatic rings. The zero-order valence-corrected chi connectivity index (χ0v) is 11.5. The van der Waals surface area contributed by atoms with Crippen LogP contribution in [0.2, 0.25) is 0 Å². The highest BCUT2D eigenvalue weighted by Gasteiger charge is 2.17. The molecule has 2 aromatic heterocycles. The number of aromatic amines is 1. The lowest BCUT2D eigenvalue weighted by atomic mass is 10.1. The number of hydrogen-bond donors (Lipinski definition) is 2. The monoisotopic (exact) mass is 262 g/mol. The Morgan fingerprint density at radius 2 is 2.00 bits per heavy atom. The van der Waals surface area contributed by atoms with Crippen molar-refractivity contribution in [2.45, 2.75) is 39.7 Å². The van der Waals surface area contributed by atoms with E-state index in [2.05, 4.69) is 15.0 Å². The summed E-state index contributed by atoms with van der Waals surface area (Å²) in [5.74, 6) is 0.0312. The minimum atomic E-state index is -0.311. The SMILES string of the molecule is CC(C)c1c(O)nc(-c2cncn2C(C)C)[nH]c1=O. The van der Waals surface area contributed by atoms with Gasteiger partial charge < -0.3 is 14.7 Å². The molecule has 2 rings (SSSR count). The molecule has 0 aliphatic carbocycles. The van der Waals surface area contributed by atoms with Crippen LogP contribution < -0.4 is 5.56 Å². The predicted molar refractivity (Wildman–Crippen MR) is 72.2 cm³/mol. The third kappa shape index (κ3) is 2.38. The van der Waals surface area contributed by atoms with Crippen molar-refractivity contribution < 1.29 is 5.11 Å². The van der Waals surface area contributed by atoms with Crippen LogP contribution in [-0.2, 0) is 0 Å². The standard InChI is InChI=1S/C13H18N4O2/c1-7(2)10-12(18)15-11(16-13(10)19)9-5-14-6-17(9)8(3)4/h5-8H,1-4H3,(H2,15,16,18,19). The Kier molecular flexibility index (Phi) is 3.42. The largest absolute Gasteiger partial charge is 0.493 e. The number of nitrogens with zero attached hydrogens (tertiary/aromatic N) is 3. The van der Waals surface area contributed by atoms with E-state index >= 15 is 0 Å². The molecule has 0 saturated carbocycles. The molecule has 0 aliphatic rings. The number of aromatic nitrogens is 4. The summed E-state index contributed by atoms with van der Waals surface area (Å²) in [6.45, 7) is 7.69. The van der Waals surface area contributed by atoms with E-state index in [1.807, 2.05) is 32.3 Å². The molecular weight excluding hydrogens is 244 g/mol. The molecule has 0 radical (unpaired) electrons. The first-order chi connectivity index (χ1) is 8.91. The Hall–Kier alpha value is -2.11. The van der Waals surface area contributed by atoms with Crippen molar-refractivity contribution in [2.75, 3.05) is 0 Å². The highest BCUT2D eigenvalue weighted by atomic mass is 16.3. The molecule has 0 saturated heterocycles. The van der Waals surface area contributed by atoms with E-state index in [1.165, 1.54) is 0 Å². The second-order valence-electron chi connectivity index (χ2n) is 5.09. The quantitative estimate of drug-likeness (QED) is 0.886. The van der Waals surface area contributed by atoms with E-state index < -0.39 is 0 Å². The average molecular weight is 262 g/mol. The average Bonchev–Trinajstić information content (AvgIpc) is 2.75. The van der Waals surface area contributed by atoms with Crippen molar-refractivity contribution in [1.29, 1.82) is 0 Å². The number of nitrogens with one attached hydrogen (secondary N) is 1. The van der Waals surface area contributed by atoms with Crippen molar-refractivity contribution in [3.05, 3.63) is 28.4 Å². The maximum absolute atomic E-state index is 12.0. The molecular formula is C13H18N4O2. The normalized spacial score (nSPS) is 11.5. The topological polar surface area (TPSA) is 83.8 Å². The van der Waals surface area contributed by atoms with Crippen LogP contribution in [0.3, 0.4) is 0 Å². The van der Waals surface area contributed by atoms with E-state index in [-0.39, 0.29) is 23.4 Å². The first-order valence-electron chi connectivity index (χ1n) is 6.27. The molecule has 19 heavy (non-hydrogen) atoms. The maximum atomic E-state index is 12.0. The first kappa shape index (κ1) is 13.3. The Bertz CT molecular complexity index is 640. The maximum Gasteiger partial charge on any atom is 0.258 e. The molecule has 2 N–H and O–H groups in total. The number of aromatic hydroxyl groups is 1. The van der Waals surface area contributed by atoms with Crippen LogP contribution in [0.4, 0.5) is 0 Å². The van der Waals surface area contributed by atoms with Crippen LogP contribution in [-0.4, -0.2) is 24.6 Å². The van der Waals surface area contributed by atoms with Crippen LogP contribution in [0, 0.1) is 0 Å². The van der Waals surface area contributed by atoms with Crippen molar-refractivity contribution >= 4 is 0 Å². The van der Waals surface area contributed by atoms with Crippen LogP contribution in [0.25, 0.3) is 11.5 Å². The van der Waals surface area contributed by atoms with Gasteiger partial charge in [-0.25, -0.2) is 4.98 Å². The number of hydrogen-bond acceptors (Lipinski definition) is 4. The van der Waals surface area contributed by atoms with Crippen molar-refractivity contribution in [1.82, 2.24) is 19.5 Å². The second kappa shape index (κ2) is 4.87. The Morgan fingerprint density at radius 1 is 1.32 bits per heavy atom. The fourth-order valence-corrected chi connectivity index (χ4v) is 2.01. The Labute approximate surface area is 111 Å². The zero-order valence-electron chi connectivity index (χ0n) is 11.5. The van der Waals surface area contributed by atoms with Crippen LogP contribution in [0.5, 0.6) is 5.88 Å². The smallest absolute Gasteiger partial charge is 0.258 e. The summed E-state index contributed by atoms with van der Waals surface area (Å²) in [5, 5.41) is 9.91. The molecule has 0 atom stereocenters. The van der Waals surface area contributed by atoms with Crippen LogP contribution in [0.1, 0.15) is 45.2 Å². The third-order valence-corrected chi connectivity index (χ3v) is 2.98. The Balaban J connectivity index is 2.59. The van der Waals surface area contributed by atoms with E-state index in [4.69, 9.17) is 0 Å². The molecule has 0 bridgehead atoms. The van der Waals surface area contributed by atoms with Crippen molar-refractivity contribution in [2.24, 2.45) is 0 Å². The summed E-state index contributed by atoms with van der Waals surface area (Å²) in [6, 6.07) is 0.190. The summed E-state index contributed by atoms with van der Waals surface area (Å²) in [6.07, 6.45) is 3.29. The fraction of sp³-hybridized carbons (Fsp3) is 0.462. The second-order valence-corrected chi connectivity index (χ2v) is 5.09. The van der Waals surface area contributed by atoms with Gasteiger partial charge in [-0.2, -0.15) is 4.98 Å². The lowest BCUT2D eigenvalue weighted by molar-refractivity contribution is 0.440. The summed E-state index contributed by atoms with van der Waals surface area (Å²) in [4.78, 5) is 22.8. The molecule has 0 fully saturated rings. The molecule has 0 aromatic carbocycles. The van der Waals surface area contributed by atoms with Gasteiger partial charge in [0.15, 0.2) is 5.82 Å². The van der Waals surface area contributed by atoms with Gasteiger partial charge in [0.05, 0.1) is 18.1 Å². The number of rotatable bonds is 3. The van der Waals surface area contributed by atoms with Gasteiger partial charge in [-0.1, -0.05) is 13.8 Å². The minimum Gasteiger partial charge on any atom is -0.493 e. The summed E-state index contributed by atoms with van der Waals surface area (Å²) >= 11 is 0. The molecule has 2 heterocycles. The Morgan fingerprint density at radius 3 is 2.53 bits per heavy atom. The molecule has 0 amide bonds. The van der Waals surface area contributed by atoms with Gasteiger partial charge >= 0.3 is 0 Å². The molecule has 0 aliphatic heterocycles. The zero-order chi connectivity index (χ0) is 14.2. The predicted octanol–water partition coefficient (Wildman–Crippen LogP) is 2.04. The summed E-state index contributed by atoms with van der Waals surface area (Å²) in [7, 11) is 0.